The highest BCUT2D eigenvalue weighted by atomic mass is 32.1. The van der Waals surface area contributed by atoms with Gasteiger partial charge in [0, 0.05) is 37.8 Å². The van der Waals surface area contributed by atoms with Crippen LogP contribution in [0.15, 0.2) is 35.8 Å². The van der Waals surface area contributed by atoms with Crippen LogP contribution in [0.5, 0.6) is 5.75 Å². The van der Waals surface area contributed by atoms with Crippen molar-refractivity contribution in [1.29, 1.82) is 0 Å². The highest BCUT2D eigenvalue weighted by molar-refractivity contribution is 7.13. The van der Waals surface area contributed by atoms with Gasteiger partial charge in [0.2, 0.25) is 0 Å². The summed E-state index contributed by atoms with van der Waals surface area (Å²) in [5, 5.41) is 3.23. The first-order valence-corrected chi connectivity index (χ1v) is 10.3. The topological polar surface area (TPSA) is 28.6 Å². The molecule has 0 saturated carbocycles. The minimum absolute atomic E-state index is 0.823. The number of nitrogens with zero attached hydrogens (tertiary/aromatic N) is 3. The molecule has 5 heteroatoms. The molecule has 0 atom stereocenters. The van der Waals surface area contributed by atoms with Crippen molar-refractivity contribution in [3.05, 3.63) is 41.4 Å². The zero-order valence-electron chi connectivity index (χ0n) is 15.2. The summed E-state index contributed by atoms with van der Waals surface area (Å²) in [4.78, 5) is 9.39. The summed E-state index contributed by atoms with van der Waals surface area (Å²) in [5.74, 6) is 0.996. The standard InChI is InChI=1S/C20H29N3OS/c1-2-18-6-8-19(9-7-18)24-16-5-3-4-11-22-12-14-23(15-13-22)20-21-10-17-25-20/h6-10,17H,2-5,11-16H2,1H3. The zero-order valence-corrected chi connectivity index (χ0v) is 16.0. The van der Waals surface area contributed by atoms with Crippen LogP contribution >= 0.6 is 11.3 Å². The zero-order chi connectivity index (χ0) is 17.3. The molecule has 1 aliphatic heterocycles. The monoisotopic (exact) mass is 359 g/mol. The molecular formula is C20H29N3OS. The van der Waals surface area contributed by atoms with Gasteiger partial charge in [0.25, 0.3) is 0 Å². The quantitative estimate of drug-likeness (QED) is 0.631. The number of hydrogen-bond acceptors (Lipinski definition) is 5. The predicted octanol–water partition coefficient (Wildman–Crippen LogP) is 4.08. The van der Waals surface area contributed by atoms with Crippen molar-refractivity contribution in [3.8, 4) is 5.75 Å². The van der Waals surface area contributed by atoms with E-state index in [4.69, 9.17) is 4.74 Å². The molecule has 0 bridgehead atoms. The number of rotatable bonds is 9. The van der Waals surface area contributed by atoms with Crippen molar-refractivity contribution in [1.82, 2.24) is 9.88 Å². The van der Waals surface area contributed by atoms with Gasteiger partial charge in [-0.05, 0) is 49.9 Å². The fourth-order valence-corrected chi connectivity index (χ4v) is 3.86. The number of aryl methyl sites for hydroxylation is 1. The van der Waals surface area contributed by atoms with E-state index in [-0.39, 0.29) is 0 Å². The molecule has 0 N–H and O–H groups in total. The highest BCUT2D eigenvalue weighted by Crippen LogP contribution is 2.19. The Bertz CT molecular complexity index is 592. The third-order valence-electron chi connectivity index (χ3n) is 4.78. The lowest BCUT2D eigenvalue weighted by atomic mass is 10.2. The van der Waals surface area contributed by atoms with Gasteiger partial charge >= 0.3 is 0 Å². The van der Waals surface area contributed by atoms with Gasteiger partial charge in [-0.1, -0.05) is 19.1 Å². The van der Waals surface area contributed by atoms with Gasteiger partial charge in [0.05, 0.1) is 6.61 Å². The first kappa shape index (κ1) is 18.2. The Kier molecular flexibility index (Phi) is 7.12. The van der Waals surface area contributed by atoms with Gasteiger partial charge < -0.3 is 9.64 Å². The van der Waals surface area contributed by atoms with E-state index in [2.05, 4.69) is 51.4 Å². The summed E-state index contributed by atoms with van der Waals surface area (Å²) >= 11 is 1.74. The second-order valence-electron chi connectivity index (χ2n) is 6.55. The number of unbranched alkanes of at least 4 members (excludes halogenated alkanes) is 2. The lowest BCUT2D eigenvalue weighted by molar-refractivity contribution is 0.246. The fourth-order valence-electron chi connectivity index (χ4n) is 3.16. The minimum Gasteiger partial charge on any atom is -0.494 e. The fraction of sp³-hybridized carbons (Fsp3) is 0.550. The molecule has 0 spiro atoms. The van der Waals surface area contributed by atoms with E-state index in [1.165, 1.54) is 30.1 Å². The van der Waals surface area contributed by atoms with Crippen LogP contribution in [-0.4, -0.2) is 49.2 Å². The SMILES string of the molecule is CCc1ccc(OCCCCCN2CCN(c3nccs3)CC2)cc1. The Balaban J connectivity index is 1.23. The Morgan fingerprint density at radius 2 is 1.84 bits per heavy atom. The van der Waals surface area contributed by atoms with Crippen LogP contribution in [0.4, 0.5) is 5.13 Å². The molecule has 0 amide bonds. The summed E-state index contributed by atoms with van der Waals surface area (Å²) in [6, 6.07) is 8.48. The summed E-state index contributed by atoms with van der Waals surface area (Å²) < 4.78 is 5.83. The second kappa shape index (κ2) is 9.78. The van der Waals surface area contributed by atoms with Gasteiger partial charge in [-0.25, -0.2) is 4.98 Å². The number of hydrogen-bond donors (Lipinski definition) is 0. The maximum absolute atomic E-state index is 5.83. The lowest BCUT2D eigenvalue weighted by Gasteiger charge is -2.34. The Morgan fingerprint density at radius 1 is 1.04 bits per heavy atom. The van der Waals surface area contributed by atoms with Crippen LogP contribution < -0.4 is 9.64 Å². The van der Waals surface area contributed by atoms with Gasteiger partial charge in [0.1, 0.15) is 5.75 Å². The van der Waals surface area contributed by atoms with Crippen molar-refractivity contribution in [2.75, 3.05) is 44.2 Å². The number of anilines is 1. The summed E-state index contributed by atoms with van der Waals surface area (Å²) in [6.07, 6.45) is 6.61. The average Bonchev–Trinajstić information content (AvgIpc) is 3.20. The molecule has 1 aromatic heterocycles. The molecule has 1 aromatic carbocycles. The Labute approximate surface area is 155 Å². The first-order chi connectivity index (χ1) is 12.3. The normalized spacial score (nSPS) is 15.5. The van der Waals surface area contributed by atoms with Crippen LogP contribution in [0.1, 0.15) is 31.7 Å². The smallest absolute Gasteiger partial charge is 0.185 e. The van der Waals surface area contributed by atoms with Crippen LogP contribution in [0.25, 0.3) is 0 Å². The van der Waals surface area contributed by atoms with Crippen LogP contribution in [-0.2, 0) is 6.42 Å². The number of benzene rings is 1. The Morgan fingerprint density at radius 3 is 2.52 bits per heavy atom. The van der Waals surface area contributed by atoms with Crippen molar-refractivity contribution < 1.29 is 4.74 Å². The van der Waals surface area contributed by atoms with Crippen molar-refractivity contribution in [2.45, 2.75) is 32.6 Å². The molecule has 25 heavy (non-hydrogen) atoms. The van der Waals surface area contributed by atoms with E-state index in [1.54, 1.807) is 11.3 Å². The van der Waals surface area contributed by atoms with Crippen LogP contribution in [0.3, 0.4) is 0 Å². The van der Waals surface area contributed by atoms with E-state index >= 15 is 0 Å². The van der Waals surface area contributed by atoms with E-state index < -0.39 is 0 Å². The van der Waals surface area contributed by atoms with Gasteiger partial charge in [0.15, 0.2) is 5.13 Å². The molecule has 0 radical (unpaired) electrons. The molecule has 0 unspecified atom stereocenters. The van der Waals surface area contributed by atoms with Crippen LogP contribution in [0.2, 0.25) is 0 Å². The van der Waals surface area contributed by atoms with Gasteiger partial charge in [-0.15, -0.1) is 11.3 Å². The maximum atomic E-state index is 5.83. The second-order valence-corrected chi connectivity index (χ2v) is 7.42. The molecular weight excluding hydrogens is 330 g/mol. The van der Waals surface area contributed by atoms with E-state index in [0.717, 1.165) is 51.4 Å². The number of piperazine rings is 1. The van der Waals surface area contributed by atoms with E-state index in [9.17, 15) is 0 Å². The van der Waals surface area contributed by atoms with E-state index in [0.29, 0.717) is 0 Å². The minimum atomic E-state index is 0.823. The number of ether oxygens (including phenoxy) is 1. The van der Waals surface area contributed by atoms with Crippen molar-refractivity contribution in [2.24, 2.45) is 0 Å². The molecule has 2 aromatic rings. The highest BCUT2D eigenvalue weighted by Gasteiger charge is 2.17. The molecule has 2 heterocycles. The molecule has 1 fully saturated rings. The summed E-state index contributed by atoms with van der Waals surface area (Å²) in [6.45, 7) is 8.71. The Hall–Kier alpha value is -1.59. The van der Waals surface area contributed by atoms with Gasteiger partial charge in [-0.2, -0.15) is 0 Å². The number of thiazole rings is 1. The summed E-state index contributed by atoms with van der Waals surface area (Å²) in [7, 11) is 0. The average molecular weight is 360 g/mol. The molecule has 0 aliphatic carbocycles. The maximum Gasteiger partial charge on any atom is 0.185 e. The molecule has 1 saturated heterocycles. The van der Waals surface area contributed by atoms with Crippen molar-refractivity contribution in [3.63, 3.8) is 0 Å². The summed E-state index contributed by atoms with van der Waals surface area (Å²) in [5.41, 5.74) is 1.36. The largest absolute Gasteiger partial charge is 0.494 e. The van der Waals surface area contributed by atoms with E-state index in [1.807, 2.05) is 6.20 Å². The molecule has 4 nitrogen and oxygen atoms in total. The van der Waals surface area contributed by atoms with Crippen LogP contribution in [0, 0.1) is 0 Å². The molecule has 136 valence electrons. The third-order valence-corrected chi connectivity index (χ3v) is 5.61. The third kappa shape index (κ3) is 5.72. The molecule has 1 aliphatic rings. The number of aromatic nitrogens is 1. The predicted molar refractivity (Wildman–Crippen MR) is 106 cm³/mol. The van der Waals surface area contributed by atoms with Gasteiger partial charge in [-0.3, -0.25) is 4.90 Å². The first-order valence-electron chi connectivity index (χ1n) is 9.43. The molecule has 3 rings (SSSR count). The van der Waals surface area contributed by atoms with Crippen molar-refractivity contribution >= 4 is 16.5 Å². The lowest BCUT2D eigenvalue weighted by Crippen LogP contribution is -2.46.